The van der Waals surface area contributed by atoms with E-state index in [0.717, 1.165) is 12.1 Å². The summed E-state index contributed by atoms with van der Waals surface area (Å²) in [5, 5.41) is 15.0. The summed E-state index contributed by atoms with van der Waals surface area (Å²) in [7, 11) is -3.21. The van der Waals surface area contributed by atoms with E-state index in [1.807, 2.05) is 0 Å². The van der Waals surface area contributed by atoms with Crippen LogP contribution < -0.4 is 14.3 Å². The molecular formula is C20H16N4O7S. The molecule has 0 atom stereocenters. The fourth-order valence-electron chi connectivity index (χ4n) is 2.55. The topological polar surface area (TPSA) is 150 Å². The van der Waals surface area contributed by atoms with Crippen LogP contribution >= 0.6 is 0 Å². The Labute approximate surface area is 182 Å². The summed E-state index contributed by atoms with van der Waals surface area (Å²) in [6.45, 7) is 0. The SMILES string of the molecule is COc1cc(C=NNC(=O)c2ccncc2)ccc1OS(=O)(=O)c1ccccc1[N+](=O)[O-]. The Hall–Kier alpha value is -4.32. The quantitative estimate of drug-likeness (QED) is 0.235. The Balaban J connectivity index is 1.78. The first-order chi connectivity index (χ1) is 15.3. The van der Waals surface area contributed by atoms with E-state index in [0.29, 0.717) is 11.1 Å². The number of aromatic nitrogens is 1. The number of para-hydroxylation sites is 1. The Bertz CT molecular complexity index is 1280. The molecule has 1 amide bonds. The van der Waals surface area contributed by atoms with Gasteiger partial charge in [0.2, 0.25) is 0 Å². The van der Waals surface area contributed by atoms with Crippen molar-refractivity contribution < 1.29 is 27.1 Å². The van der Waals surface area contributed by atoms with Crippen molar-refractivity contribution in [2.24, 2.45) is 5.10 Å². The van der Waals surface area contributed by atoms with Crippen LogP contribution in [0.1, 0.15) is 15.9 Å². The minimum atomic E-state index is -4.51. The number of hydrazone groups is 1. The van der Waals surface area contributed by atoms with Crippen molar-refractivity contribution in [3.05, 3.63) is 88.2 Å². The first-order valence-electron chi connectivity index (χ1n) is 8.91. The highest BCUT2D eigenvalue weighted by molar-refractivity contribution is 7.87. The zero-order valence-corrected chi connectivity index (χ0v) is 17.4. The van der Waals surface area contributed by atoms with Gasteiger partial charge in [0.05, 0.1) is 18.2 Å². The standard InChI is InChI=1S/C20H16N4O7S/c1-30-18-12-14(13-22-23-20(25)15-8-10-21-11-9-15)6-7-17(18)31-32(28,29)19-5-3-2-4-16(19)24(26)27/h2-13H,1H3,(H,23,25). The van der Waals surface area contributed by atoms with E-state index >= 15 is 0 Å². The van der Waals surface area contributed by atoms with Crippen LogP contribution in [-0.4, -0.2) is 37.6 Å². The molecule has 0 aliphatic heterocycles. The van der Waals surface area contributed by atoms with Crippen molar-refractivity contribution in [3.63, 3.8) is 0 Å². The second-order valence-electron chi connectivity index (χ2n) is 6.11. The zero-order valence-electron chi connectivity index (χ0n) is 16.5. The maximum absolute atomic E-state index is 12.6. The number of hydrogen-bond acceptors (Lipinski definition) is 9. The van der Waals surface area contributed by atoms with Crippen molar-refractivity contribution in [2.75, 3.05) is 7.11 Å². The minimum Gasteiger partial charge on any atom is -0.493 e. The summed E-state index contributed by atoms with van der Waals surface area (Å²) in [5.41, 5.74) is 2.57. The van der Waals surface area contributed by atoms with Crippen LogP contribution in [0.2, 0.25) is 0 Å². The van der Waals surface area contributed by atoms with Gasteiger partial charge in [-0.1, -0.05) is 12.1 Å². The molecule has 0 radical (unpaired) electrons. The van der Waals surface area contributed by atoms with Gasteiger partial charge in [-0.25, -0.2) is 5.43 Å². The number of pyridine rings is 1. The molecule has 164 valence electrons. The average molecular weight is 456 g/mol. The highest BCUT2D eigenvalue weighted by atomic mass is 32.2. The molecule has 0 aliphatic rings. The second kappa shape index (κ2) is 9.66. The molecule has 0 bridgehead atoms. The summed E-state index contributed by atoms with van der Waals surface area (Å²) in [4.78, 5) is 25.5. The molecule has 12 heteroatoms. The third kappa shape index (κ3) is 5.23. The Kier molecular flexibility index (Phi) is 6.75. The van der Waals surface area contributed by atoms with Crippen LogP contribution in [0.4, 0.5) is 5.69 Å². The van der Waals surface area contributed by atoms with Crippen molar-refractivity contribution in [2.45, 2.75) is 4.90 Å². The molecule has 0 unspecified atom stereocenters. The van der Waals surface area contributed by atoms with Crippen molar-refractivity contribution in [1.29, 1.82) is 0 Å². The van der Waals surface area contributed by atoms with Gasteiger partial charge in [0.25, 0.3) is 11.6 Å². The first-order valence-corrected chi connectivity index (χ1v) is 10.3. The van der Waals surface area contributed by atoms with Crippen molar-refractivity contribution in [3.8, 4) is 11.5 Å². The number of ether oxygens (including phenoxy) is 1. The molecule has 3 rings (SSSR count). The predicted octanol–water partition coefficient (Wildman–Crippen LogP) is 2.53. The second-order valence-corrected chi connectivity index (χ2v) is 7.62. The van der Waals surface area contributed by atoms with Gasteiger partial charge in [0, 0.05) is 24.0 Å². The fourth-order valence-corrected chi connectivity index (χ4v) is 3.66. The molecule has 3 aromatic rings. The minimum absolute atomic E-state index is 0.0385. The molecule has 0 fully saturated rings. The molecule has 2 aromatic carbocycles. The summed E-state index contributed by atoms with van der Waals surface area (Å²) in [5.74, 6) is -0.577. The molecule has 0 aliphatic carbocycles. The van der Waals surface area contributed by atoms with E-state index in [2.05, 4.69) is 15.5 Å². The van der Waals surface area contributed by atoms with E-state index in [-0.39, 0.29) is 11.5 Å². The Morgan fingerprint density at radius 1 is 1.12 bits per heavy atom. The molecule has 0 saturated carbocycles. The summed E-state index contributed by atoms with van der Waals surface area (Å²) in [6, 6.07) is 12.1. The van der Waals surface area contributed by atoms with Gasteiger partial charge in [-0.2, -0.15) is 13.5 Å². The van der Waals surface area contributed by atoms with Crippen LogP contribution in [0.25, 0.3) is 0 Å². The zero-order chi connectivity index (χ0) is 23.1. The third-order valence-corrected chi connectivity index (χ3v) is 5.32. The number of amides is 1. The summed E-state index contributed by atoms with van der Waals surface area (Å²) < 4.78 is 35.4. The number of methoxy groups -OCH3 is 1. The Morgan fingerprint density at radius 2 is 1.84 bits per heavy atom. The smallest absolute Gasteiger partial charge is 0.346 e. The van der Waals surface area contributed by atoms with Gasteiger partial charge in [0.1, 0.15) is 0 Å². The molecule has 1 N–H and O–H groups in total. The lowest BCUT2D eigenvalue weighted by atomic mass is 10.2. The highest BCUT2D eigenvalue weighted by Crippen LogP contribution is 2.32. The third-order valence-electron chi connectivity index (χ3n) is 4.04. The largest absolute Gasteiger partial charge is 0.493 e. The van der Waals surface area contributed by atoms with Gasteiger partial charge in [-0.15, -0.1) is 0 Å². The van der Waals surface area contributed by atoms with Gasteiger partial charge >= 0.3 is 10.1 Å². The molecule has 1 aromatic heterocycles. The van der Waals surface area contributed by atoms with Crippen LogP contribution in [0, 0.1) is 10.1 Å². The van der Waals surface area contributed by atoms with E-state index < -0.39 is 31.5 Å². The normalized spacial score (nSPS) is 11.2. The lowest BCUT2D eigenvalue weighted by Crippen LogP contribution is -2.17. The van der Waals surface area contributed by atoms with Crippen LogP contribution in [0.3, 0.4) is 0 Å². The van der Waals surface area contributed by atoms with Crippen LogP contribution in [0.15, 0.2) is 77.0 Å². The van der Waals surface area contributed by atoms with E-state index in [9.17, 15) is 23.3 Å². The number of nitrogens with one attached hydrogen (secondary N) is 1. The number of carbonyl (C=O) groups excluding carboxylic acids is 1. The van der Waals surface area contributed by atoms with Crippen LogP contribution in [-0.2, 0) is 10.1 Å². The number of rotatable bonds is 8. The summed E-state index contributed by atoms with van der Waals surface area (Å²) >= 11 is 0. The van der Waals surface area contributed by atoms with E-state index in [1.165, 1.54) is 68.2 Å². The van der Waals surface area contributed by atoms with Gasteiger partial charge in [0.15, 0.2) is 16.4 Å². The lowest BCUT2D eigenvalue weighted by Gasteiger charge is -2.11. The van der Waals surface area contributed by atoms with Gasteiger partial charge in [-0.3, -0.25) is 19.9 Å². The fraction of sp³-hybridized carbons (Fsp3) is 0.0500. The van der Waals surface area contributed by atoms with Crippen molar-refractivity contribution in [1.82, 2.24) is 10.4 Å². The van der Waals surface area contributed by atoms with E-state index in [1.54, 1.807) is 0 Å². The first kappa shape index (κ1) is 22.4. The molecule has 11 nitrogen and oxygen atoms in total. The summed E-state index contributed by atoms with van der Waals surface area (Å²) in [6.07, 6.45) is 4.27. The maximum Gasteiger partial charge on any atom is 0.346 e. The van der Waals surface area contributed by atoms with Crippen LogP contribution in [0.5, 0.6) is 11.5 Å². The number of benzene rings is 2. The van der Waals surface area contributed by atoms with Gasteiger partial charge < -0.3 is 8.92 Å². The molecule has 32 heavy (non-hydrogen) atoms. The van der Waals surface area contributed by atoms with E-state index in [4.69, 9.17) is 8.92 Å². The van der Waals surface area contributed by atoms with Gasteiger partial charge in [-0.05, 0) is 42.0 Å². The number of carbonyl (C=O) groups is 1. The lowest BCUT2D eigenvalue weighted by molar-refractivity contribution is -0.387. The predicted molar refractivity (Wildman–Crippen MR) is 113 cm³/mol. The molecule has 0 saturated heterocycles. The number of nitro groups is 1. The maximum atomic E-state index is 12.6. The van der Waals surface area contributed by atoms with Crippen molar-refractivity contribution >= 4 is 27.9 Å². The molecule has 1 heterocycles. The molecule has 0 spiro atoms. The molecular weight excluding hydrogens is 440 g/mol. The number of hydrogen-bond donors (Lipinski definition) is 1. The Morgan fingerprint density at radius 3 is 2.53 bits per heavy atom. The average Bonchev–Trinajstić information content (AvgIpc) is 2.80. The highest BCUT2D eigenvalue weighted by Gasteiger charge is 2.28. The monoisotopic (exact) mass is 456 g/mol. The number of nitro benzene ring substituents is 1. The number of nitrogens with zero attached hydrogens (tertiary/aromatic N) is 3.